The van der Waals surface area contributed by atoms with Gasteiger partial charge in [-0.05, 0) is 19.1 Å². The van der Waals surface area contributed by atoms with Gasteiger partial charge in [0.1, 0.15) is 11.6 Å². The largest absolute Gasteiger partial charge is 0.378 e. The van der Waals surface area contributed by atoms with E-state index >= 15 is 0 Å². The number of hydrogen-bond donors (Lipinski definition) is 0. The molecule has 7 nitrogen and oxygen atoms in total. The third-order valence-corrected chi connectivity index (χ3v) is 4.61. The number of rotatable bonds is 1. The summed E-state index contributed by atoms with van der Waals surface area (Å²) in [6.45, 7) is 4.22. The van der Waals surface area contributed by atoms with E-state index in [0.29, 0.717) is 37.8 Å². The minimum atomic E-state index is -0.158. The number of anilines is 1. The van der Waals surface area contributed by atoms with Crippen LogP contribution in [0.1, 0.15) is 5.82 Å². The number of nitrogens with zero attached hydrogens (tertiary/aromatic N) is 5. The SMILES string of the molecule is Cc1nc(N2C[C@@H]3COC[C@H](C2)N(C)C3=O)c2cccnc2n1. The van der Waals surface area contributed by atoms with Crippen LogP contribution in [0.15, 0.2) is 18.3 Å². The number of aryl methyl sites for hydroxylation is 1. The number of hydrogen-bond acceptors (Lipinski definition) is 6. The monoisotopic (exact) mass is 313 g/mol. The van der Waals surface area contributed by atoms with E-state index in [9.17, 15) is 4.79 Å². The Kier molecular flexibility index (Phi) is 3.37. The number of likely N-dealkylation sites (N-methyl/N-ethyl adjacent to an activating group) is 1. The first-order valence-electron chi connectivity index (χ1n) is 7.82. The summed E-state index contributed by atoms with van der Waals surface area (Å²) in [5.74, 6) is 1.55. The maximum absolute atomic E-state index is 12.5. The predicted octanol–water partition coefficient (Wildman–Crippen LogP) is 0.627. The van der Waals surface area contributed by atoms with Crippen LogP contribution in [-0.4, -0.2) is 65.2 Å². The second-order valence-electron chi connectivity index (χ2n) is 6.21. The average Bonchev–Trinajstić information content (AvgIpc) is 2.72. The Morgan fingerprint density at radius 1 is 1.26 bits per heavy atom. The van der Waals surface area contributed by atoms with E-state index in [1.165, 1.54) is 0 Å². The van der Waals surface area contributed by atoms with Crippen LogP contribution in [0.5, 0.6) is 0 Å². The molecule has 0 unspecified atom stereocenters. The fourth-order valence-corrected chi connectivity index (χ4v) is 3.36. The lowest BCUT2D eigenvalue weighted by atomic mass is 10.1. The van der Waals surface area contributed by atoms with Crippen LogP contribution in [-0.2, 0) is 9.53 Å². The van der Waals surface area contributed by atoms with E-state index in [1.54, 1.807) is 6.20 Å². The molecular formula is C16H19N5O2. The molecule has 0 aliphatic carbocycles. The highest BCUT2D eigenvalue weighted by atomic mass is 16.5. The first-order chi connectivity index (χ1) is 11.1. The summed E-state index contributed by atoms with van der Waals surface area (Å²) in [4.78, 5) is 29.9. The van der Waals surface area contributed by atoms with Crippen molar-refractivity contribution in [1.29, 1.82) is 0 Å². The summed E-state index contributed by atoms with van der Waals surface area (Å²) in [6, 6.07) is 3.92. The molecule has 2 saturated heterocycles. The van der Waals surface area contributed by atoms with E-state index in [2.05, 4.69) is 19.9 Å². The van der Waals surface area contributed by atoms with Crippen molar-refractivity contribution < 1.29 is 9.53 Å². The fourth-order valence-electron chi connectivity index (χ4n) is 3.36. The van der Waals surface area contributed by atoms with Crippen molar-refractivity contribution in [3.63, 3.8) is 0 Å². The molecule has 0 spiro atoms. The Morgan fingerprint density at radius 2 is 2.13 bits per heavy atom. The minimum absolute atomic E-state index is 0.0389. The van der Waals surface area contributed by atoms with Gasteiger partial charge in [0.05, 0.1) is 30.6 Å². The molecular weight excluding hydrogens is 294 g/mol. The van der Waals surface area contributed by atoms with Gasteiger partial charge in [-0.25, -0.2) is 15.0 Å². The van der Waals surface area contributed by atoms with Crippen molar-refractivity contribution in [2.45, 2.75) is 13.0 Å². The highest BCUT2D eigenvalue weighted by Gasteiger charge is 2.38. The van der Waals surface area contributed by atoms with Gasteiger partial charge in [-0.3, -0.25) is 4.79 Å². The van der Waals surface area contributed by atoms with E-state index in [1.807, 2.05) is 31.0 Å². The van der Waals surface area contributed by atoms with E-state index < -0.39 is 0 Å². The summed E-state index contributed by atoms with van der Waals surface area (Å²) in [7, 11) is 1.86. The third kappa shape index (κ3) is 2.41. The van der Waals surface area contributed by atoms with Crippen LogP contribution >= 0.6 is 0 Å². The molecule has 23 heavy (non-hydrogen) atoms. The number of carbonyl (C=O) groups excluding carboxylic acids is 1. The van der Waals surface area contributed by atoms with Crippen LogP contribution in [0, 0.1) is 12.8 Å². The van der Waals surface area contributed by atoms with Crippen molar-refractivity contribution in [1.82, 2.24) is 19.9 Å². The van der Waals surface area contributed by atoms with Crippen LogP contribution in [0.25, 0.3) is 11.0 Å². The van der Waals surface area contributed by atoms with Gasteiger partial charge in [0.2, 0.25) is 5.91 Å². The van der Waals surface area contributed by atoms with Crippen LogP contribution < -0.4 is 4.90 Å². The molecule has 4 heterocycles. The Bertz CT molecular complexity index is 765. The van der Waals surface area contributed by atoms with Crippen LogP contribution in [0.3, 0.4) is 0 Å². The molecule has 1 amide bonds. The Morgan fingerprint density at radius 3 is 3.00 bits per heavy atom. The van der Waals surface area contributed by atoms with Crippen molar-refractivity contribution in [3.05, 3.63) is 24.2 Å². The first kappa shape index (κ1) is 14.3. The van der Waals surface area contributed by atoms with E-state index in [4.69, 9.17) is 4.74 Å². The van der Waals surface area contributed by atoms with Gasteiger partial charge in [0.25, 0.3) is 0 Å². The molecule has 0 radical (unpaired) electrons. The quantitative estimate of drug-likeness (QED) is 0.769. The molecule has 2 aromatic rings. The smallest absolute Gasteiger partial charge is 0.229 e. The Hall–Kier alpha value is -2.28. The second-order valence-corrected chi connectivity index (χ2v) is 6.21. The number of fused-ring (bicyclic) bond motifs is 4. The molecule has 2 fully saturated rings. The highest BCUT2D eigenvalue weighted by molar-refractivity contribution is 5.88. The third-order valence-electron chi connectivity index (χ3n) is 4.61. The lowest BCUT2D eigenvalue weighted by Crippen LogP contribution is -2.43. The van der Waals surface area contributed by atoms with Crippen LogP contribution in [0.2, 0.25) is 0 Å². The van der Waals surface area contributed by atoms with Gasteiger partial charge >= 0.3 is 0 Å². The lowest BCUT2D eigenvalue weighted by molar-refractivity contribution is -0.133. The molecule has 120 valence electrons. The van der Waals surface area contributed by atoms with Crippen molar-refractivity contribution in [2.75, 3.05) is 38.3 Å². The molecule has 4 rings (SSSR count). The van der Waals surface area contributed by atoms with E-state index in [-0.39, 0.29) is 17.9 Å². The lowest BCUT2D eigenvalue weighted by Gasteiger charge is -2.30. The molecule has 2 aromatic heterocycles. The zero-order chi connectivity index (χ0) is 16.0. The standard InChI is InChI=1S/C16H19N5O2/c1-10-18-14-13(4-3-5-17-14)15(19-10)21-6-11-8-23-9-12(7-21)20(2)16(11)22/h3-5,11-12H,6-9H2,1-2H3/t11-,12+/m1/s1. The van der Waals surface area contributed by atoms with E-state index in [0.717, 1.165) is 11.2 Å². The summed E-state index contributed by atoms with van der Waals surface area (Å²) in [6.07, 6.45) is 1.74. The van der Waals surface area contributed by atoms with Crippen LogP contribution in [0.4, 0.5) is 5.82 Å². The highest BCUT2D eigenvalue weighted by Crippen LogP contribution is 2.28. The summed E-state index contributed by atoms with van der Waals surface area (Å²) < 4.78 is 5.66. The molecule has 0 N–H and O–H groups in total. The molecule has 2 aliphatic heterocycles. The minimum Gasteiger partial charge on any atom is -0.378 e. The van der Waals surface area contributed by atoms with Gasteiger partial charge in [0, 0.05) is 26.3 Å². The number of aromatic nitrogens is 3. The average molecular weight is 313 g/mol. The number of pyridine rings is 1. The first-order valence-corrected chi connectivity index (χ1v) is 7.82. The number of carbonyl (C=O) groups is 1. The second kappa shape index (κ2) is 5.42. The summed E-state index contributed by atoms with van der Waals surface area (Å²) in [5.41, 5.74) is 0.695. The van der Waals surface area contributed by atoms with Crippen molar-refractivity contribution in [3.8, 4) is 0 Å². The van der Waals surface area contributed by atoms with Gasteiger partial charge in [0.15, 0.2) is 5.65 Å². The maximum atomic E-state index is 12.5. The number of ether oxygens (including phenoxy) is 1. The van der Waals surface area contributed by atoms with Crippen molar-refractivity contribution in [2.24, 2.45) is 5.92 Å². The predicted molar refractivity (Wildman–Crippen MR) is 85.2 cm³/mol. The Labute approximate surface area is 134 Å². The van der Waals surface area contributed by atoms with Gasteiger partial charge < -0.3 is 14.5 Å². The molecule has 0 saturated carbocycles. The zero-order valence-corrected chi connectivity index (χ0v) is 13.3. The summed E-state index contributed by atoms with van der Waals surface area (Å²) in [5, 5.41) is 0.925. The maximum Gasteiger partial charge on any atom is 0.229 e. The summed E-state index contributed by atoms with van der Waals surface area (Å²) >= 11 is 0. The van der Waals surface area contributed by atoms with Gasteiger partial charge in [-0.2, -0.15) is 0 Å². The van der Waals surface area contributed by atoms with Gasteiger partial charge in [-0.15, -0.1) is 0 Å². The molecule has 2 aliphatic rings. The Balaban J connectivity index is 1.81. The topological polar surface area (TPSA) is 71.5 Å². The van der Waals surface area contributed by atoms with Gasteiger partial charge in [-0.1, -0.05) is 0 Å². The molecule has 2 atom stereocenters. The normalized spacial score (nSPS) is 24.9. The molecule has 7 heteroatoms. The van der Waals surface area contributed by atoms with Crippen molar-refractivity contribution >= 4 is 22.8 Å². The fraction of sp³-hybridized carbons (Fsp3) is 0.500. The number of amides is 1. The zero-order valence-electron chi connectivity index (χ0n) is 13.3. The molecule has 0 aromatic carbocycles. The molecule has 2 bridgehead atoms.